The lowest BCUT2D eigenvalue weighted by Crippen LogP contribution is -2.63. The zero-order valence-corrected chi connectivity index (χ0v) is 34.1. The lowest BCUT2D eigenvalue weighted by molar-refractivity contribution is -0.170. The van der Waals surface area contributed by atoms with E-state index in [0.717, 1.165) is 56.8 Å². The number of halogens is 7. The minimum atomic E-state index is -4.51. The zero-order chi connectivity index (χ0) is 44.2. The number of nitrogens with one attached hydrogen (secondary N) is 1. The van der Waals surface area contributed by atoms with Crippen molar-refractivity contribution in [3.05, 3.63) is 47.7 Å². The van der Waals surface area contributed by atoms with E-state index in [4.69, 9.17) is 19.3 Å². The molecule has 2 N–H and O–H groups in total. The van der Waals surface area contributed by atoms with Gasteiger partial charge in [0.05, 0.1) is 35.5 Å². The Morgan fingerprint density at radius 1 is 1.05 bits per heavy atom. The molecule has 4 fully saturated rings. The van der Waals surface area contributed by atoms with Crippen molar-refractivity contribution in [1.82, 2.24) is 30.1 Å². The maximum atomic E-state index is 17.5. The van der Waals surface area contributed by atoms with Gasteiger partial charge < -0.3 is 34.4 Å². The van der Waals surface area contributed by atoms with E-state index >= 15 is 17.6 Å². The topological polar surface area (TPSA) is 142 Å². The van der Waals surface area contributed by atoms with Gasteiger partial charge in [-0.3, -0.25) is 9.88 Å². The molecule has 2 atom stereocenters. The first-order valence-electron chi connectivity index (χ1n) is 20.6. The van der Waals surface area contributed by atoms with Crippen molar-refractivity contribution in [3.63, 3.8) is 0 Å². The smallest absolute Gasteiger partial charge is 0.415 e. The van der Waals surface area contributed by atoms with Gasteiger partial charge in [-0.25, -0.2) is 27.2 Å². The van der Waals surface area contributed by atoms with Crippen LogP contribution in [0.4, 0.5) is 46.1 Å². The largest absolute Gasteiger partial charge is 0.461 e. The number of anilines is 1. The number of nitrogens with zero attached hydrogens (tertiary/aromatic N) is 6. The van der Waals surface area contributed by atoms with Gasteiger partial charge >= 0.3 is 24.4 Å². The number of aliphatic hydroxyl groups is 1. The zero-order valence-electron chi connectivity index (χ0n) is 34.1. The van der Waals surface area contributed by atoms with Gasteiger partial charge in [-0.15, -0.1) is 0 Å². The summed E-state index contributed by atoms with van der Waals surface area (Å²) >= 11 is 0. The number of benzene rings is 2. The Kier molecular flexibility index (Phi) is 11.5. The fourth-order valence-corrected chi connectivity index (χ4v) is 9.88. The Morgan fingerprint density at radius 3 is 2.53 bits per heavy atom. The number of alkyl carbamates (subject to hydrolysis) is 1. The van der Waals surface area contributed by atoms with Crippen LogP contribution >= 0.6 is 0 Å². The maximum absolute atomic E-state index is 17.5. The fraction of sp³-hybridized carbons (Fsp3) is 0.548. The van der Waals surface area contributed by atoms with Crippen LogP contribution in [-0.4, -0.2) is 125 Å². The lowest BCUT2D eigenvalue weighted by atomic mass is 9.88. The molecule has 4 saturated heterocycles. The van der Waals surface area contributed by atoms with E-state index in [0.29, 0.717) is 0 Å². The molecular formula is C42H46F7N7O6. The summed E-state index contributed by atoms with van der Waals surface area (Å²) in [7, 11) is 1.00. The van der Waals surface area contributed by atoms with Crippen LogP contribution in [-0.2, 0) is 11.2 Å². The molecule has 20 heteroatoms. The molecule has 62 heavy (non-hydrogen) atoms. The standard InChI is InChI=1S/C41H42F7N7O5.CH4O/c1-38-19-40(44,45)21-54(20-38)34-28-17-49-32(31(43)33(28)50-35(51-34)59-22-39-9-3-11-55(39)12-4-10-39)27-16-25(60-37(57)53-13-8-24(18-53)41(46,47)48)15-23-6-7-29(42)26(30(23)27)5-2-14-58-36(56)52-38;1-2/h6-7,15-17,24H,2-5,8-14,18-22H2,1H3,(H,52,56);2H,1H3. The molecule has 6 aliphatic heterocycles. The van der Waals surface area contributed by atoms with Crippen LogP contribution in [0.3, 0.4) is 0 Å². The Morgan fingerprint density at radius 2 is 1.81 bits per heavy atom. The van der Waals surface area contributed by atoms with E-state index in [-0.39, 0.29) is 107 Å². The molecule has 0 spiro atoms. The van der Waals surface area contributed by atoms with Crippen LogP contribution < -0.4 is 19.7 Å². The Hall–Kier alpha value is -5.24. The highest BCUT2D eigenvalue weighted by Crippen LogP contribution is 2.43. The molecular weight excluding hydrogens is 831 g/mol. The van der Waals surface area contributed by atoms with Crippen LogP contribution in [0.2, 0.25) is 0 Å². The normalized spacial score (nSPS) is 23.5. The van der Waals surface area contributed by atoms with Gasteiger partial charge in [-0.1, -0.05) is 6.07 Å². The molecule has 6 aliphatic rings. The number of amides is 2. The van der Waals surface area contributed by atoms with Crippen molar-refractivity contribution >= 4 is 39.7 Å². The number of rotatable bonds is 4. The first kappa shape index (κ1) is 43.4. The first-order chi connectivity index (χ1) is 29.5. The number of aromatic nitrogens is 3. The van der Waals surface area contributed by atoms with E-state index in [1.54, 1.807) is 0 Å². The van der Waals surface area contributed by atoms with E-state index < -0.39 is 66.9 Å². The summed E-state index contributed by atoms with van der Waals surface area (Å²) in [6.45, 7) is 1.34. The van der Waals surface area contributed by atoms with E-state index in [2.05, 4.69) is 25.2 Å². The van der Waals surface area contributed by atoms with Gasteiger partial charge in [-0.2, -0.15) is 23.1 Å². The highest BCUT2D eigenvalue weighted by Gasteiger charge is 2.49. The SMILES string of the molecule is CC12CN(CC(F)(F)C1)c1nc(OCC34CCCN3CCC4)nc3c(F)c(ncc13)-c1cc(OC(=O)N3CCC(C(F)(F)F)C3)cc3ccc(F)c(c13)CCCOC(=O)N2.CO. The third-order valence-corrected chi connectivity index (χ3v) is 12.6. The molecule has 2 unspecified atom stereocenters. The van der Waals surface area contributed by atoms with Crippen LogP contribution in [0, 0.1) is 17.6 Å². The molecule has 13 nitrogen and oxygen atoms in total. The number of fused-ring (bicyclic) bond motifs is 7. The second kappa shape index (κ2) is 16.5. The molecule has 8 heterocycles. The minimum Gasteiger partial charge on any atom is -0.461 e. The van der Waals surface area contributed by atoms with Gasteiger partial charge in [0, 0.05) is 44.9 Å². The number of alkyl halides is 5. The number of carbonyl (C=O) groups is 2. The van der Waals surface area contributed by atoms with Crippen molar-refractivity contribution in [2.45, 2.75) is 81.5 Å². The van der Waals surface area contributed by atoms with Crippen LogP contribution in [0.1, 0.15) is 57.4 Å². The molecule has 0 radical (unpaired) electrons. The fourth-order valence-electron chi connectivity index (χ4n) is 9.88. The highest BCUT2D eigenvalue weighted by molar-refractivity contribution is 6.02. The molecule has 0 saturated carbocycles. The third-order valence-electron chi connectivity index (χ3n) is 12.6. The van der Waals surface area contributed by atoms with Crippen LogP contribution in [0.25, 0.3) is 32.9 Å². The Balaban J connectivity index is 0.00000261. The quantitative estimate of drug-likeness (QED) is 0.198. The Bertz CT molecular complexity index is 2380. The summed E-state index contributed by atoms with van der Waals surface area (Å²) in [5.74, 6) is -7.10. The number of piperidine rings is 1. The third kappa shape index (κ3) is 8.34. The van der Waals surface area contributed by atoms with Gasteiger partial charge in [-0.05, 0) is 99.5 Å². The number of aliphatic hydroxyl groups excluding tert-OH is 1. The lowest BCUT2D eigenvalue weighted by Gasteiger charge is -2.44. The number of hydrogen-bond acceptors (Lipinski definition) is 11. The van der Waals surface area contributed by atoms with Crippen molar-refractivity contribution in [2.75, 3.05) is 64.5 Å². The maximum Gasteiger partial charge on any atom is 0.415 e. The highest BCUT2D eigenvalue weighted by atomic mass is 19.4. The summed E-state index contributed by atoms with van der Waals surface area (Å²) in [6, 6.07) is 4.91. The van der Waals surface area contributed by atoms with E-state index in [1.165, 1.54) is 36.2 Å². The molecule has 10 rings (SSSR count). The number of aryl methyl sites for hydroxylation is 1. The van der Waals surface area contributed by atoms with Crippen LogP contribution in [0.5, 0.6) is 11.8 Å². The minimum absolute atomic E-state index is 0.0451. The number of ether oxygens (including phenoxy) is 3. The van der Waals surface area contributed by atoms with Gasteiger partial charge in [0.1, 0.15) is 35.2 Å². The monoisotopic (exact) mass is 877 g/mol. The average molecular weight is 878 g/mol. The molecule has 2 aromatic heterocycles. The number of pyridine rings is 1. The predicted octanol–water partition coefficient (Wildman–Crippen LogP) is 7.40. The summed E-state index contributed by atoms with van der Waals surface area (Å²) < 4.78 is 122. The summed E-state index contributed by atoms with van der Waals surface area (Å²) in [5.41, 5.74) is -2.51. The molecule has 334 valence electrons. The average Bonchev–Trinajstić information content (AvgIpc) is 3.96. The van der Waals surface area contributed by atoms with Crippen LogP contribution in [0.15, 0.2) is 30.5 Å². The Labute approximate surface area is 351 Å². The predicted molar refractivity (Wildman–Crippen MR) is 211 cm³/mol. The van der Waals surface area contributed by atoms with Gasteiger partial charge in [0.2, 0.25) is 0 Å². The summed E-state index contributed by atoms with van der Waals surface area (Å²) in [5, 5.41) is 9.98. The summed E-state index contributed by atoms with van der Waals surface area (Å²) in [4.78, 5) is 44.4. The molecule has 0 aliphatic carbocycles. The number of hydrogen-bond donors (Lipinski definition) is 2. The molecule has 2 amide bonds. The molecule has 6 bridgehead atoms. The van der Waals surface area contributed by atoms with Crippen molar-refractivity contribution < 1.29 is 59.6 Å². The first-order valence-corrected chi connectivity index (χ1v) is 20.6. The van der Waals surface area contributed by atoms with Crippen molar-refractivity contribution in [1.29, 1.82) is 0 Å². The van der Waals surface area contributed by atoms with Gasteiger partial charge in [0.15, 0.2) is 5.82 Å². The van der Waals surface area contributed by atoms with Crippen molar-refractivity contribution in [3.8, 4) is 23.0 Å². The number of likely N-dealkylation sites (tertiary alicyclic amines) is 1. The van der Waals surface area contributed by atoms with Gasteiger partial charge in [0.25, 0.3) is 5.92 Å². The summed E-state index contributed by atoms with van der Waals surface area (Å²) in [6.07, 6.45) is -2.67. The number of carbonyl (C=O) groups excluding carboxylic acids is 2. The van der Waals surface area contributed by atoms with Crippen molar-refractivity contribution in [2.24, 2.45) is 5.92 Å². The molecule has 2 aromatic carbocycles. The molecule has 4 aromatic rings. The second-order valence-corrected chi connectivity index (χ2v) is 17.0. The van der Waals surface area contributed by atoms with E-state index in [9.17, 15) is 22.8 Å². The second-order valence-electron chi connectivity index (χ2n) is 17.0. The van der Waals surface area contributed by atoms with E-state index in [1.807, 2.05) is 0 Å².